The van der Waals surface area contributed by atoms with Gasteiger partial charge >= 0.3 is 0 Å². The highest BCUT2D eigenvalue weighted by Gasteiger charge is 2.40. The molecule has 0 spiro atoms. The molecule has 2 heterocycles. The lowest BCUT2D eigenvalue weighted by Crippen LogP contribution is -2.39. The number of nitrogens with zero attached hydrogens (tertiary/aromatic N) is 2. The molecule has 0 bridgehead atoms. The predicted molar refractivity (Wildman–Crippen MR) is 68.8 cm³/mol. The molecule has 1 atom stereocenters. The fraction of sp³-hybridized carbons (Fsp3) is 0.500. The van der Waals surface area contributed by atoms with Crippen LogP contribution in [0, 0.1) is 0 Å². The lowest BCUT2D eigenvalue weighted by Gasteiger charge is -2.18. The fourth-order valence-corrected chi connectivity index (χ4v) is 2.94. The molecule has 1 unspecified atom stereocenters. The van der Waals surface area contributed by atoms with Gasteiger partial charge in [-0.05, 0) is 29.8 Å². The van der Waals surface area contributed by atoms with Crippen LogP contribution in [-0.4, -0.2) is 33.8 Å². The molecule has 0 aliphatic carbocycles. The lowest BCUT2D eigenvalue weighted by atomic mass is 10.2. The van der Waals surface area contributed by atoms with E-state index in [1.54, 1.807) is 6.20 Å². The van der Waals surface area contributed by atoms with Crippen molar-refractivity contribution >= 4 is 44.2 Å². The molecule has 0 aromatic carbocycles. The van der Waals surface area contributed by atoms with E-state index in [-0.39, 0.29) is 24.3 Å². The number of thiazole rings is 1. The summed E-state index contributed by atoms with van der Waals surface area (Å²) in [5.41, 5.74) is 0. The summed E-state index contributed by atoms with van der Waals surface area (Å²) in [7, 11) is 0. The van der Waals surface area contributed by atoms with Crippen LogP contribution < -0.4 is 5.32 Å². The van der Waals surface area contributed by atoms with E-state index in [9.17, 15) is 9.59 Å². The molecule has 2 rings (SSSR count). The third-order valence-corrected chi connectivity index (χ3v) is 3.88. The Morgan fingerprint density at radius 1 is 1.59 bits per heavy atom. The summed E-state index contributed by atoms with van der Waals surface area (Å²) in [6.45, 7) is 3.66. The summed E-state index contributed by atoms with van der Waals surface area (Å²) < 4.78 is 0.887. The normalized spacial score (nSPS) is 20.5. The second-order valence-corrected chi connectivity index (χ2v) is 6.48. The first kappa shape index (κ1) is 12.5. The van der Waals surface area contributed by atoms with Crippen molar-refractivity contribution in [2.24, 2.45) is 0 Å². The number of carbonyl (C=O) groups excluding carboxylic acids is 2. The molecule has 1 saturated heterocycles. The lowest BCUT2D eigenvalue weighted by molar-refractivity contribution is -0.140. The molecule has 17 heavy (non-hydrogen) atoms. The molecule has 7 heteroatoms. The number of anilines is 1. The van der Waals surface area contributed by atoms with E-state index in [0.29, 0.717) is 5.13 Å². The van der Waals surface area contributed by atoms with Crippen LogP contribution in [0.1, 0.15) is 20.3 Å². The van der Waals surface area contributed by atoms with Crippen molar-refractivity contribution in [3.8, 4) is 0 Å². The maximum Gasteiger partial charge on any atom is 0.252 e. The zero-order chi connectivity index (χ0) is 12.6. The van der Waals surface area contributed by atoms with E-state index in [0.717, 1.165) is 3.79 Å². The van der Waals surface area contributed by atoms with Gasteiger partial charge in [0.05, 0.1) is 16.4 Å². The Morgan fingerprint density at radius 2 is 2.29 bits per heavy atom. The molecule has 1 fully saturated rings. The maximum absolute atomic E-state index is 12.0. The summed E-state index contributed by atoms with van der Waals surface area (Å²) >= 11 is 4.70. The minimum Gasteiger partial charge on any atom is -0.349 e. The van der Waals surface area contributed by atoms with Crippen molar-refractivity contribution < 1.29 is 9.59 Å². The Morgan fingerprint density at radius 3 is 2.76 bits per heavy atom. The van der Waals surface area contributed by atoms with Crippen LogP contribution in [0.3, 0.4) is 0 Å². The second-order valence-electron chi connectivity index (χ2n) is 4.07. The average molecular weight is 318 g/mol. The smallest absolute Gasteiger partial charge is 0.252 e. The summed E-state index contributed by atoms with van der Waals surface area (Å²) in [5, 5.41) is 3.64. The first-order valence-corrected chi connectivity index (χ1v) is 6.83. The Kier molecular flexibility index (Phi) is 3.48. The number of aromatic nitrogens is 1. The van der Waals surface area contributed by atoms with Crippen molar-refractivity contribution in [3.05, 3.63) is 9.98 Å². The third-order valence-electron chi connectivity index (χ3n) is 2.47. The molecule has 1 aromatic heterocycles. The highest BCUT2D eigenvalue weighted by atomic mass is 79.9. The predicted octanol–water partition coefficient (Wildman–Crippen LogP) is 1.85. The van der Waals surface area contributed by atoms with Gasteiger partial charge in [-0.3, -0.25) is 14.5 Å². The standard InChI is InChI=1S/C10H12BrN3O2S/c1-5(2)14-8(15)3-6(9(14)16)13-10-12-4-7(11)17-10/h4-6H,3H2,1-2H3,(H,12,13). The molecular weight excluding hydrogens is 306 g/mol. The molecule has 2 amide bonds. The molecule has 0 radical (unpaired) electrons. The second kappa shape index (κ2) is 4.73. The van der Waals surface area contributed by atoms with Gasteiger partial charge in [0.15, 0.2) is 5.13 Å². The molecule has 0 saturated carbocycles. The number of rotatable bonds is 3. The zero-order valence-electron chi connectivity index (χ0n) is 9.44. The van der Waals surface area contributed by atoms with Crippen molar-refractivity contribution in [3.63, 3.8) is 0 Å². The van der Waals surface area contributed by atoms with Gasteiger partial charge in [-0.2, -0.15) is 0 Å². The molecule has 1 aliphatic rings. The van der Waals surface area contributed by atoms with Gasteiger partial charge in [-0.1, -0.05) is 11.3 Å². The van der Waals surface area contributed by atoms with Gasteiger partial charge in [-0.25, -0.2) is 4.98 Å². The van der Waals surface area contributed by atoms with Gasteiger partial charge in [0.2, 0.25) is 5.91 Å². The average Bonchev–Trinajstić information content (AvgIpc) is 2.73. The van der Waals surface area contributed by atoms with Crippen LogP contribution in [0.25, 0.3) is 0 Å². The van der Waals surface area contributed by atoms with Crippen LogP contribution in [0.2, 0.25) is 0 Å². The number of nitrogens with one attached hydrogen (secondary N) is 1. The van der Waals surface area contributed by atoms with Crippen molar-refractivity contribution in [2.75, 3.05) is 5.32 Å². The zero-order valence-corrected chi connectivity index (χ0v) is 11.8. The molecule has 1 aliphatic heterocycles. The van der Waals surface area contributed by atoms with Crippen LogP contribution in [0.15, 0.2) is 9.98 Å². The van der Waals surface area contributed by atoms with E-state index in [1.165, 1.54) is 16.2 Å². The molecule has 92 valence electrons. The minimum atomic E-state index is -0.483. The third kappa shape index (κ3) is 2.50. The monoisotopic (exact) mass is 317 g/mol. The summed E-state index contributed by atoms with van der Waals surface area (Å²) in [6.07, 6.45) is 1.86. The van der Waals surface area contributed by atoms with Gasteiger partial charge < -0.3 is 5.32 Å². The number of imide groups is 1. The first-order chi connectivity index (χ1) is 7.99. The van der Waals surface area contributed by atoms with Crippen LogP contribution in [0.5, 0.6) is 0 Å². The SMILES string of the molecule is CC(C)N1C(=O)CC(Nc2ncc(Br)s2)C1=O. The Balaban J connectivity index is 2.09. The Labute approximate surface area is 111 Å². The van der Waals surface area contributed by atoms with Crippen molar-refractivity contribution in [1.29, 1.82) is 0 Å². The number of amides is 2. The highest BCUT2D eigenvalue weighted by Crippen LogP contribution is 2.26. The Hall–Kier alpha value is -0.950. The van der Waals surface area contributed by atoms with Gasteiger partial charge in [-0.15, -0.1) is 0 Å². The van der Waals surface area contributed by atoms with E-state index in [1.807, 2.05) is 13.8 Å². The molecule has 1 aromatic rings. The van der Waals surface area contributed by atoms with Gasteiger partial charge in [0.25, 0.3) is 5.91 Å². The summed E-state index contributed by atoms with van der Waals surface area (Å²) in [5.74, 6) is -0.297. The van der Waals surface area contributed by atoms with Crippen LogP contribution in [0.4, 0.5) is 5.13 Å². The number of likely N-dealkylation sites (tertiary alicyclic amines) is 1. The quantitative estimate of drug-likeness (QED) is 0.864. The fourth-order valence-electron chi connectivity index (χ4n) is 1.78. The Bertz CT molecular complexity index is 460. The molecular formula is C10H12BrN3O2S. The van der Waals surface area contributed by atoms with Crippen molar-refractivity contribution in [2.45, 2.75) is 32.4 Å². The topological polar surface area (TPSA) is 62.3 Å². The summed E-state index contributed by atoms with van der Waals surface area (Å²) in [4.78, 5) is 29.0. The van der Waals surface area contributed by atoms with E-state index in [2.05, 4.69) is 26.2 Å². The van der Waals surface area contributed by atoms with E-state index in [4.69, 9.17) is 0 Å². The van der Waals surface area contributed by atoms with Crippen LogP contribution in [-0.2, 0) is 9.59 Å². The largest absolute Gasteiger partial charge is 0.349 e. The number of carbonyl (C=O) groups is 2. The van der Waals surface area contributed by atoms with E-state index < -0.39 is 6.04 Å². The molecule has 1 N–H and O–H groups in total. The highest BCUT2D eigenvalue weighted by molar-refractivity contribution is 9.11. The molecule has 5 nitrogen and oxygen atoms in total. The number of halogens is 1. The van der Waals surface area contributed by atoms with E-state index >= 15 is 0 Å². The number of hydrogen-bond acceptors (Lipinski definition) is 5. The minimum absolute atomic E-state index is 0.0927. The van der Waals surface area contributed by atoms with Crippen molar-refractivity contribution in [1.82, 2.24) is 9.88 Å². The van der Waals surface area contributed by atoms with Gasteiger partial charge in [0, 0.05) is 6.04 Å². The first-order valence-electron chi connectivity index (χ1n) is 5.23. The van der Waals surface area contributed by atoms with Gasteiger partial charge in [0.1, 0.15) is 6.04 Å². The van der Waals surface area contributed by atoms with Crippen LogP contribution >= 0.6 is 27.3 Å². The number of hydrogen-bond donors (Lipinski definition) is 1. The summed E-state index contributed by atoms with van der Waals surface area (Å²) in [6, 6.07) is -0.576. The maximum atomic E-state index is 12.0.